The number of hydrogen-bond donors (Lipinski definition) is 1. The summed E-state index contributed by atoms with van der Waals surface area (Å²) in [4.78, 5) is 32.3. The first kappa shape index (κ1) is 35.1. The SMILES string of the molecule is COC(=O)c1nc(NCCN(C[C@H](O[Si](C)(C)C(C)(C)C)c2cccc(Cl)c2)C(=O)OC(C)(C)C)ccc1-c1ccccc1. The first-order valence-electron chi connectivity index (χ1n) is 14.8. The van der Waals surface area contributed by atoms with Gasteiger partial charge < -0.3 is 24.1 Å². The third-order valence-electron chi connectivity index (χ3n) is 7.55. The molecule has 0 unspecified atom stereocenters. The van der Waals surface area contributed by atoms with Crippen LogP contribution in [0.2, 0.25) is 23.2 Å². The van der Waals surface area contributed by atoms with E-state index in [4.69, 9.17) is 25.5 Å². The van der Waals surface area contributed by atoms with Crippen molar-refractivity contribution in [1.29, 1.82) is 0 Å². The monoisotopic (exact) mass is 639 g/mol. The lowest BCUT2D eigenvalue weighted by atomic mass is 10.0. The first-order valence-corrected chi connectivity index (χ1v) is 18.1. The van der Waals surface area contributed by atoms with Gasteiger partial charge in [0, 0.05) is 23.7 Å². The Hall–Kier alpha value is -3.40. The molecule has 1 aromatic heterocycles. The van der Waals surface area contributed by atoms with Crippen LogP contribution in [-0.2, 0) is 13.9 Å². The molecule has 1 amide bonds. The maximum Gasteiger partial charge on any atom is 0.410 e. The fourth-order valence-electron chi connectivity index (χ4n) is 4.21. The Morgan fingerprint density at radius 2 is 1.66 bits per heavy atom. The standard InChI is InChI=1S/C34H46ClN3O5Si/c1-33(2,3)42-32(40)38(23-28(25-16-13-17-26(35)22-25)43-44(8,9)34(4,5)6)21-20-36-29-19-18-27(24-14-11-10-12-15-24)30(37-29)31(39)41-7/h10-19,22,28H,20-21,23H2,1-9H3,(H,36,37)/t28-/m0/s1. The third kappa shape index (κ3) is 9.80. The molecule has 8 nitrogen and oxygen atoms in total. The average molecular weight is 640 g/mol. The molecule has 238 valence electrons. The van der Waals surface area contributed by atoms with E-state index in [0.29, 0.717) is 29.5 Å². The molecule has 10 heteroatoms. The van der Waals surface area contributed by atoms with Gasteiger partial charge in [0.1, 0.15) is 11.4 Å². The number of methoxy groups -OCH3 is 1. The predicted octanol–water partition coefficient (Wildman–Crippen LogP) is 8.60. The predicted molar refractivity (Wildman–Crippen MR) is 180 cm³/mol. The number of hydrogen-bond acceptors (Lipinski definition) is 7. The fraction of sp³-hybridized carbons (Fsp3) is 0.441. The Bertz CT molecular complexity index is 1420. The molecule has 0 aliphatic carbocycles. The van der Waals surface area contributed by atoms with Gasteiger partial charge in [-0.25, -0.2) is 14.6 Å². The minimum Gasteiger partial charge on any atom is -0.464 e. The Kier molecular flexibility index (Phi) is 11.6. The molecule has 0 fully saturated rings. The topological polar surface area (TPSA) is 90.0 Å². The Morgan fingerprint density at radius 1 is 0.977 bits per heavy atom. The van der Waals surface area contributed by atoms with E-state index in [2.05, 4.69) is 44.2 Å². The minimum absolute atomic E-state index is 0.0446. The van der Waals surface area contributed by atoms with Crippen LogP contribution in [0.25, 0.3) is 11.1 Å². The van der Waals surface area contributed by atoms with Crippen LogP contribution in [0.3, 0.4) is 0 Å². The molecule has 0 saturated carbocycles. The lowest BCUT2D eigenvalue weighted by molar-refractivity contribution is 0.0165. The zero-order valence-electron chi connectivity index (χ0n) is 27.4. The van der Waals surface area contributed by atoms with Crippen molar-refractivity contribution in [2.75, 3.05) is 32.1 Å². The van der Waals surface area contributed by atoms with Crippen molar-refractivity contribution < 1.29 is 23.5 Å². The number of halogens is 1. The summed E-state index contributed by atoms with van der Waals surface area (Å²) in [5.74, 6) is -0.0480. The number of rotatable bonds is 11. The van der Waals surface area contributed by atoms with Gasteiger partial charge in [0.05, 0.1) is 19.8 Å². The zero-order valence-corrected chi connectivity index (χ0v) is 29.1. The van der Waals surface area contributed by atoms with E-state index in [1.54, 1.807) is 4.90 Å². The molecule has 1 heterocycles. The van der Waals surface area contributed by atoms with Crippen LogP contribution in [-0.4, -0.2) is 62.6 Å². The number of carbonyl (C=O) groups excluding carboxylic acids is 2. The van der Waals surface area contributed by atoms with Gasteiger partial charge in [-0.15, -0.1) is 0 Å². The quantitative estimate of drug-likeness (QED) is 0.166. The number of amides is 1. The van der Waals surface area contributed by atoms with Crippen molar-refractivity contribution in [3.05, 3.63) is 83.0 Å². The number of nitrogens with one attached hydrogen (secondary N) is 1. The number of carbonyl (C=O) groups is 2. The van der Waals surface area contributed by atoms with E-state index in [-0.39, 0.29) is 17.3 Å². The van der Waals surface area contributed by atoms with Crippen molar-refractivity contribution in [2.45, 2.75) is 71.4 Å². The van der Waals surface area contributed by atoms with Crippen molar-refractivity contribution >= 4 is 37.8 Å². The summed E-state index contributed by atoms with van der Waals surface area (Å²) in [5.41, 5.74) is 1.95. The summed E-state index contributed by atoms with van der Waals surface area (Å²) < 4.78 is 17.7. The van der Waals surface area contributed by atoms with Crippen molar-refractivity contribution in [2.24, 2.45) is 0 Å². The summed E-state index contributed by atoms with van der Waals surface area (Å²) in [6.07, 6.45) is -0.871. The van der Waals surface area contributed by atoms with E-state index in [9.17, 15) is 9.59 Å². The number of aromatic nitrogens is 1. The van der Waals surface area contributed by atoms with Gasteiger partial charge in [0.15, 0.2) is 14.0 Å². The highest BCUT2D eigenvalue weighted by molar-refractivity contribution is 6.74. The second-order valence-corrected chi connectivity index (χ2v) is 18.4. The maximum absolute atomic E-state index is 13.5. The summed E-state index contributed by atoms with van der Waals surface area (Å²) >= 11 is 6.38. The van der Waals surface area contributed by atoms with Crippen LogP contribution in [0.1, 0.15) is 63.7 Å². The smallest absolute Gasteiger partial charge is 0.410 e. The molecule has 0 bridgehead atoms. The molecule has 0 saturated heterocycles. The molecular formula is C34H46ClN3O5Si. The van der Waals surface area contributed by atoms with Crippen molar-refractivity contribution in [3.63, 3.8) is 0 Å². The third-order valence-corrected chi connectivity index (χ3v) is 12.3. The molecule has 1 atom stereocenters. The summed E-state index contributed by atoms with van der Waals surface area (Å²) in [6.45, 7) is 17.4. The van der Waals surface area contributed by atoms with Crippen LogP contribution < -0.4 is 5.32 Å². The summed E-state index contributed by atoms with van der Waals surface area (Å²) in [5, 5.41) is 3.82. The number of esters is 1. The molecule has 0 spiro atoms. The molecule has 0 radical (unpaired) electrons. The van der Waals surface area contributed by atoms with Crippen LogP contribution in [0.4, 0.5) is 10.6 Å². The summed E-state index contributed by atoms with van der Waals surface area (Å²) in [6, 6.07) is 20.8. The van der Waals surface area contributed by atoms with Gasteiger partial charge in [-0.3, -0.25) is 0 Å². The van der Waals surface area contributed by atoms with Crippen LogP contribution in [0, 0.1) is 0 Å². The normalized spacial score (nSPS) is 12.8. The van der Waals surface area contributed by atoms with Gasteiger partial charge >= 0.3 is 12.1 Å². The second kappa shape index (κ2) is 14.6. The Morgan fingerprint density at radius 3 is 2.25 bits per heavy atom. The van der Waals surface area contributed by atoms with Gasteiger partial charge in [-0.05, 0) is 74.3 Å². The van der Waals surface area contributed by atoms with Crippen LogP contribution >= 0.6 is 11.6 Å². The molecule has 44 heavy (non-hydrogen) atoms. The zero-order chi connectivity index (χ0) is 32.7. The number of pyridine rings is 1. The molecule has 2 aromatic carbocycles. The maximum atomic E-state index is 13.5. The van der Waals surface area contributed by atoms with Gasteiger partial charge in [0.25, 0.3) is 0 Å². The second-order valence-electron chi connectivity index (χ2n) is 13.2. The van der Waals surface area contributed by atoms with E-state index < -0.39 is 32.1 Å². The molecule has 1 N–H and O–H groups in total. The lowest BCUT2D eigenvalue weighted by Gasteiger charge is -2.40. The van der Waals surface area contributed by atoms with E-state index in [1.807, 2.05) is 87.5 Å². The molecular weight excluding hydrogens is 594 g/mol. The number of ether oxygens (including phenoxy) is 2. The number of benzene rings is 2. The van der Waals surface area contributed by atoms with Gasteiger partial charge in [-0.2, -0.15) is 0 Å². The lowest BCUT2D eigenvalue weighted by Crippen LogP contribution is -2.46. The molecule has 3 rings (SSSR count). The van der Waals surface area contributed by atoms with Crippen molar-refractivity contribution in [3.8, 4) is 11.1 Å². The minimum atomic E-state index is -2.25. The highest BCUT2D eigenvalue weighted by atomic mass is 35.5. The highest BCUT2D eigenvalue weighted by Gasteiger charge is 2.40. The van der Waals surface area contributed by atoms with Crippen LogP contribution in [0.5, 0.6) is 0 Å². The van der Waals surface area contributed by atoms with Crippen LogP contribution in [0.15, 0.2) is 66.7 Å². The van der Waals surface area contributed by atoms with Gasteiger partial charge in [0.2, 0.25) is 0 Å². The first-order chi connectivity index (χ1) is 20.5. The molecule has 3 aromatic rings. The number of nitrogens with zero attached hydrogens (tertiary/aromatic N) is 2. The Labute approximate surface area is 268 Å². The summed E-state index contributed by atoms with van der Waals surface area (Å²) in [7, 11) is -0.913. The van der Waals surface area contributed by atoms with E-state index in [1.165, 1.54) is 7.11 Å². The molecule has 0 aliphatic rings. The Balaban J connectivity index is 1.88. The van der Waals surface area contributed by atoms with E-state index in [0.717, 1.165) is 11.1 Å². The number of anilines is 1. The van der Waals surface area contributed by atoms with Crippen molar-refractivity contribution in [1.82, 2.24) is 9.88 Å². The largest absolute Gasteiger partial charge is 0.464 e. The highest BCUT2D eigenvalue weighted by Crippen LogP contribution is 2.40. The fourth-order valence-corrected chi connectivity index (χ4v) is 5.69. The van der Waals surface area contributed by atoms with E-state index >= 15 is 0 Å². The van der Waals surface area contributed by atoms with Gasteiger partial charge in [-0.1, -0.05) is 74.8 Å². The average Bonchev–Trinajstić information content (AvgIpc) is 2.94. The molecule has 0 aliphatic heterocycles.